The van der Waals surface area contributed by atoms with Crippen LogP contribution in [0.15, 0.2) is 53.7 Å². The van der Waals surface area contributed by atoms with Gasteiger partial charge in [-0.3, -0.25) is 4.79 Å². The number of hydrogen-bond acceptors (Lipinski definition) is 4. The van der Waals surface area contributed by atoms with Crippen molar-refractivity contribution < 1.29 is 9.53 Å². The highest BCUT2D eigenvalue weighted by Gasteiger charge is 2.28. The van der Waals surface area contributed by atoms with E-state index < -0.39 is 6.10 Å². The van der Waals surface area contributed by atoms with Crippen LogP contribution < -0.4 is 4.74 Å². The zero-order valence-corrected chi connectivity index (χ0v) is 10.1. The summed E-state index contributed by atoms with van der Waals surface area (Å²) in [6.45, 7) is 0. The van der Waals surface area contributed by atoms with Crippen LogP contribution in [0.5, 0.6) is 5.75 Å². The lowest BCUT2D eigenvalue weighted by atomic mass is 9.95. The third-order valence-electron chi connectivity index (χ3n) is 3.21. The molecule has 0 spiro atoms. The summed E-state index contributed by atoms with van der Waals surface area (Å²) >= 11 is 0. The lowest BCUT2D eigenvalue weighted by molar-refractivity contribution is 0.0851. The molecule has 0 aliphatic carbocycles. The third-order valence-corrected chi connectivity index (χ3v) is 3.21. The smallest absolute Gasteiger partial charge is 0.170 e. The third kappa shape index (κ3) is 2.01. The molecule has 0 saturated heterocycles. The number of benzene rings is 2. The molecule has 1 aliphatic rings. The molecule has 1 aliphatic heterocycles. The van der Waals surface area contributed by atoms with Gasteiger partial charge < -0.3 is 4.74 Å². The Morgan fingerprint density at radius 2 is 1.79 bits per heavy atom. The normalized spacial score (nSPS) is 17.5. The first kappa shape index (κ1) is 11.6. The molecule has 4 heteroatoms. The van der Waals surface area contributed by atoms with Gasteiger partial charge in [-0.2, -0.15) is 0 Å². The molecular weight excluding hydrogens is 242 g/mol. The summed E-state index contributed by atoms with van der Waals surface area (Å²) in [5, 5.41) is 2.99. The van der Waals surface area contributed by atoms with Gasteiger partial charge in [0.25, 0.3) is 0 Å². The van der Waals surface area contributed by atoms with Gasteiger partial charge in [-0.15, -0.1) is 4.91 Å². The monoisotopic (exact) mass is 253 g/mol. The van der Waals surface area contributed by atoms with Gasteiger partial charge in [0.15, 0.2) is 5.78 Å². The van der Waals surface area contributed by atoms with E-state index in [2.05, 4.69) is 5.18 Å². The van der Waals surface area contributed by atoms with E-state index in [4.69, 9.17) is 4.74 Å². The van der Waals surface area contributed by atoms with Crippen molar-refractivity contribution in [2.45, 2.75) is 12.5 Å². The van der Waals surface area contributed by atoms with Gasteiger partial charge in [0, 0.05) is 5.56 Å². The molecule has 0 amide bonds. The van der Waals surface area contributed by atoms with E-state index >= 15 is 0 Å². The van der Waals surface area contributed by atoms with Gasteiger partial charge in [-0.05, 0) is 23.4 Å². The quantitative estimate of drug-likeness (QED) is 0.765. The fourth-order valence-electron chi connectivity index (χ4n) is 2.29. The van der Waals surface area contributed by atoms with Crippen LogP contribution >= 0.6 is 0 Å². The number of nitrogens with zero attached hydrogens (tertiary/aromatic N) is 1. The van der Waals surface area contributed by atoms with Crippen molar-refractivity contribution >= 4 is 11.5 Å². The lowest BCUT2D eigenvalue weighted by Crippen LogP contribution is -2.20. The van der Waals surface area contributed by atoms with Crippen molar-refractivity contribution in [1.29, 1.82) is 0 Å². The number of ketones is 1. The number of ether oxygens (including phenoxy) is 1. The Hall–Kier alpha value is -2.49. The largest absolute Gasteiger partial charge is 0.484 e. The molecule has 2 aromatic rings. The molecule has 0 aromatic heterocycles. The summed E-state index contributed by atoms with van der Waals surface area (Å²) in [5.41, 5.74) is 1.57. The summed E-state index contributed by atoms with van der Waals surface area (Å²) in [5.74, 6) is 0.581. The second-order valence-corrected chi connectivity index (χ2v) is 4.38. The van der Waals surface area contributed by atoms with Crippen molar-refractivity contribution in [1.82, 2.24) is 0 Å². The Morgan fingerprint density at radius 1 is 1.05 bits per heavy atom. The maximum absolute atomic E-state index is 12.1. The molecular formula is C15H11NO3. The first-order valence-corrected chi connectivity index (χ1v) is 6.01. The molecule has 0 radical (unpaired) electrons. The van der Waals surface area contributed by atoms with Crippen LogP contribution in [0.25, 0.3) is 0 Å². The van der Waals surface area contributed by atoms with Gasteiger partial charge in [-0.25, -0.2) is 0 Å². The average molecular weight is 253 g/mol. The second kappa shape index (κ2) is 4.65. The van der Waals surface area contributed by atoms with Gasteiger partial charge in [0.2, 0.25) is 0 Å². The van der Waals surface area contributed by atoms with Crippen LogP contribution in [0.4, 0.5) is 5.69 Å². The topological polar surface area (TPSA) is 55.7 Å². The molecule has 0 bridgehead atoms. The van der Waals surface area contributed by atoms with Crippen LogP contribution in [0, 0.1) is 4.91 Å². The standard InChI is InChI=1S/C15H11NO3/c17-13-9-15(10-5-1-3-7-12(10)16-18)19-14-8-4-2-6-11(13)14/h1-8,15H,9H2. The second-order valence-electron chi connectivity index (χ2n) is 4.38. The van der Waals surface area contributed by atoms with E-state index in [1.165, 1.54) is 0 Å². The van der Waals surface area contributed by atoms with E-state index in [-0.39, 0.29) is 12.2 Å². The Labute approximate surface area is 110 Å². The van der Waals surface area contributed by atoms with Crippen LogP contribution in [-0.2, 0) is 0 Å². The number of fused-ring (bicyclic) bond motifs is 1. The number of Topliss-reactive ketones (excluding diaryl/α,β-unsaturated/α-hetero) is 1. The van der Waals surface area contributed by atoms with Crippen molar-refractivity contribution in [2.24, 2.45) is 5.18 Å². The summed E-state index contributed by atoms with van der Waals surface area (Å²) in [4.78, 5) is 22.9. The highest BCUT2D eigenvalue weighted by molar-refractivity contribution is 6.00. The number of carbonyl (C=O) groups excluding carboxylic acids is 1. The summed E-state index contributed by atoms with van der Waals surface area (Å²) < 4.78 is 5.81. The van der Waals surface area contributed by atoms with E-state index in [0.29, 0.717) is 22.6 Å². The summed E-state index contributed by atoms with van der Waals surface area (Å²) in [7, 11) is 0. The molecule has 3 rings (SSSR count). The number of carbonyl (C=O) groups is 1. The molecule has 94 valence electrons. The van der Waals surface area contributed by atoms with Gasteiger partial charge in [0.05, 0.1) is 12.0 Å². The van der Waals surface area contributed by atoms with Crippen LogP contribution in [0.3, 0.4) is 0 Å². The molecule has 0 N–H and O–H groups in total. The SMILES string of the molecule is O=Nc1ccccc1C1CC(=O)c2ccccc2O1. The lowest BCUT2D eigenvalue weighted by Gasteiger charge is -2.25. The highest BCUT2D eigenvalue weighted by atomic mass is 16.5. The zero-order chi connectivity index (χ0) is 13.2. The van der Waals surface area contributed by atoms with E-state index in [9.17, 15) is 9.70 Å². The van der Waals surface area contributed by atoms with Crippen LogP contribution in [0.1, 0.15) is 28.4 Å². The molecule has 1 unspecified atom stereocenters. The van der Waals surface area contributed by atoms with E-state index in [1.54, 1.807) is 42.5 Å². The molecule has 0 fully saturated rings. The molecule has 2 aromatic carbocycles. The van der Waals surface area contributed by atoms with Crippen LogP contribution in [0.2, 0.25) is 0 Å². The first-order chi connectivity index (χ1) is 9.29. The highest BCUT2D eigenvalue weighted by Crippen LogP contribution is 2.37. The van der Waals surface area contributed by atoms with Gasteiger partial charge in [-0.1, -0.05) is 30.3 Å². The Morgan fingerprint density at radius 3 is 2.63 bits per heavy atom. The van der Waals surface area contributed by atoms with Crippen molar-refractivity contribution in [3.63, 3.8) is 0 Å². The van der Waals surface area contributed by atoms with Gasteiger partial charge >= 0.3 is 0 Å². The Kier molecular flexibility index (Phi) is 2.83. The van der Waals surface area contributed by atoms with Crippen molar-refractivity contribution in [3.05, 3.63) is 64.6 Å². The maximum Gasteiger partial charge on any atom is 0.170 e. The van der Waals surface area contributed by atoms with Crippen molar-refractivity contribution in [2.75, 3.05) is 0 Å². The fourth-order valence-corrected chi connectivity index (χ4v) is 2.29. The zero-order valence-electron chi connectivity index (χ0n) is 10.1. The van der Waals surface area contributed by atoms with E-state index in [1.807, 2.05) is 6.07 Å². The number of para-hydroxylation sites is 1. The maximum atomic E-state index is 12.1. The number of rotatable bonds is 2. The van der Waals surface area contributed by atoms with Crippen molar-refractivity contribution in [3.8, 4) is 5.75 Å². The van der Waals surface area contributed by atoms with Crippen LogP contribution in [-0.4, -0.2) is 5.78 Å². The Balaban J connectivity index is 2.01. The fraction of sp³-hybridized carbons (Fsp3) is 0.133. The predicted molar refractivity (Wildman–Crippen MR) is 70.7 cm³/mol. The number of hydrogen-bond donors (Lipinski definition) is 0. The Bertz CT molecular complexity index is 651. The molecule has 1 heterocycles. The molecule has 19 heavy (non-hydrogen) atoms. The molecule has 0 saturated carbocycles. The molecule has 4 nitrogen and oxygen atoms in total. The minimum atomic E-state index is -0.448. The minimum absolute atomic E-state index is 0.0209. The molecule has 1 atom stereocenters. The minimum Gasteiger partial charge on any atom is -0.484 e. The number of nitroso groups, excluding NO2 is 1. The predicted octanol–water partition coefficient (Wildman–Crippen LogP) is 3.79. The van der Waals surface area contributed by atoms with E-state index in [0.717, 1.165) is 0 Å². The summed E-state index contributed by atoms with van der Waals surface area (Å²) in [6.07, 6.45) is -0.222. The average Bonchev–Trinajstić information content (AvgIpc) is 2.47. The summed E-state index contributed by atoms with van der Waals surface area (Å²) in [6, 6.07) is 14.1. The first-order valence-electron chi connectivity index (χ1n) is 6.01. The van der Waals surface area contributed by atoms with Gasteiger partial charge in [0.1, 0.15) is 17.5 Å².